The smallest absolute Gasteiger partial charge is 0.338 e. The van der Waals surface area contributed by atoms with Crippen molar-refractivity contribution in [1.82, 2.24) is 0 Å². The molecule has 0 bridgehead atoms. The summed E-state index contributed by atoms with van der Waals surface area (Å²) in [6.07, 6.45) is 0.429. The van der Waals surface area contributed by atoms with E-state index in [1.165, 1.54) is 0 Å². The van der Waals surface area contributed by atoms with Gasteiger partial charge < -0.3 is 24.7 Å². The highest BCUT2D eigenvalue weighted by Gasteiger charge is 2.37. The highest BCUT2D eigenvalue weighted by molar-refractivity contribution is 5.92. The van der Waals surface area contributed by atoms with Crippen LogP contribution in [0.1, 0.15) is 38.7 Å². The molecule has 7 nitrogen and oxygen atoms in total. The SMILES string of the molecule is CCOC(=O)C1=C(CC)OC(N)=C(C#N)[C@@H]1c1ccc(OC)c(OCC)c1. The molecule has 1 aromatic carbocycles. The van der Waals surface area contributed by atoms with Crippen LogP contribution in [0.2, 0.25) is 0 Å². The summed E-state index contributed by atoms with van der Waals surface area (Å²) in [6, 6.07) is 7.32. The number of carbonyl (C=O) groups is 1. The Morgan fingerprint density at radius 2 is 2.00 bits per heavy atom. The molecule has 0 fully saturated rings. The molecule has 0 aliphatic carbocycles. The van der Waals surface area contributed by atoms with Gasteiger partial charge in [0, 0.05) is 6.42 Å². The number of esters is 1. The number of nitriles is 1. The Hall–Kier alpha value is -3.14. The van der Waals surface area contributed by atoms with Gasteiger partial charge in [0.25, 0.3) is 0 Å². The first kappa shape index (κ1) is 20.2. The normalized spacial score (nSPS) is 16.5. The van der Waals surface area contributed by atoms with Crippen molar-refractivity contribution in [2.45, 2.75) is 33.1 Å². The van der Waals surface area contributed by atoms with Gasteiger partial charge in [-0.05, 0) is 31.5 Å². The molecular weight excluding hydrogens is 348 g/mol. The molecule has 0 saturated heterocycles. The van der Waals surface area contributed by atoms with Crippen molar-refractivity contribution in [3.63, 3.8) is 0 Å². The van der Waals surface area contributed by atoms with Gasteiger partial charge in [-0.2, -0.15) is 5.26 Å². The Morgan fingerprint density at radius 1 is 1.26 bits per heavy atom. The number of methoxy groups -OCH3 is 1. The molecule has 0 amide bonds. The number of allylic oxidation sites excluding steroid dienone is 2. The average molecular weight is 372 g/mol. The molecule has 7 heteroatoms. The number of rotatable bonds is 7. The third kappa shape index (κ3) is 4.00. The maximum Gasteiger partial charge on any atom is 0.338 e. The predicted octanol–water partition coefficient (Wildman–Crippen LogP) is 3.13. The standard InChI is InChI=1S/C20H24N2O5/c1-5-14-18(20(23)26-7-3)17(13(11-21)19(22)27-14)12-8-9-15(24-4)16(10-12)25-6-2/h8-10,17H,5-7,22H2,1-4H3/t17-/m0/s1. The van der Waals surface area contributed by atoms with Crippen molar-refractivity contribution in [1.29, 1.82) is 5.26 Å². The predicted molar refractivity (Wildman–Crippen MR) is 98.8 cm³/mol. The van der Waals surface area contributed by atoms with Crippen LogP contribution in [0.25, 0.3) is 0 Å². The van der Waals surface area contributed by atoms with E-state index in [-0.39, 0.29) is 23.6 Å². The van der Waals surface area contributed by atoms with Gasteiger partial charge in [-0.25, -0.2) is 4.79 Å². The minimum atomic E-state index is -0.706. The molecule has 1 atom stereocenters. The van der Waals surface area contributed by atoms with E-state index < -0.39 is 11.9 Å². The summed E-state index contributed by atoms with van der Waals surface area (Å²) >= 11 is 0. The van der Waals surface area contributed by atoms with Crippen molar-refractivity contribution in [2.75, 3.05) is 20.3 Å². The van der Waals surface area contributed by atoms with Crippen LogP contribution in [-0.2, 0) is 14.3 Å². The molecule has 0 aromatic heterocycles. The first-order valence-electron chi connectivity index (χ1n) is 8.80. The summed E-state index contributed by atoms with van der Waals surface area (Å²) in [6.45, 7) is 6.07. The molecule has 2 N–H and O–H groups in total. The minimum absolute atomic E-state index is 0.0128. The van der Waals surface area contributed by atoms with E-state index in [4.69, 9.17) is 24.7 Å². The fourth-order valence-corrected chi connectivity index (χ4v) is 2.99. The summed E-state index contributed by atoms with van der Waals surface area (Å²) in [5, 5.41) is 9.66. The molecule has 0 saturated carbocycles. The summed E-state index contributed by atoms with van der Waals surface area (Å²) < 4.78 is 21.7. The molecule has 0 unspecified atom stereocenters. The first-order valence-corrected chi connectivity index (χ1v) is 8.80. The van der Waals surface area contributed by atoms with Crippen LogP contribution in [0.4, 0.5) is 0 Å². The van der Waals surface area contributed by atoms with Crippen molar-refractivity contribution in [3.8, 4) is 17.6 Å². The number of benzene rings is 1. The molecule has 1 aliphatic heterocycles. The number of hydrogen-bond acceptors (Lipinski definition) is 7. The quantitative estimate of drug-likeness (QED) is 0.733. The number of hydrogen-bond donors (Lipinski definition) is 1. The number of carbonyl (C=O) groups excluding carboxylic acids is 1. The molecule has 0 radical (unpaired) electrons. The molecular formula is C20H24N2O5. The van der Waals surface area contributed by atoms with Crippen LogP contribution in [0.5, 0.6) is 11.5 Å². The van der Waals surface area contributed by atoms with E-state index in [1.807, 2.05) is 13.8 Å². The largest absolute Gasteiger partial charge is 0.493 e. The Bertz CT molecular complexity index is 820. The molecule has 1 aliphatic rings. The fraction of sp³-hybridized carbons (Fsp3) is 0.400. The van der Waals surface area contributed by atoms with E-state index in [2.05, 4.69) is 6.07 Å². The van der Waals surface area contributed by atoms with E-state index in [0.717, 1.165) is 0 Å². The van der Waals surface area contributed by atoms with Gasteiger partial charge >= 0.3 is 5.97 Å². The molecule has 1 aromatic rings. The topological polar surface area (TPSA) is 104 Å². The van der Waals surface area contributed by atoms with Crippen LogP contribution < -0.4 is 15.2 Å². The van der Waals surface area contributed by atoms with Crippen LogP contribution in [-0.4, -0.2) is 26.3 Å². The van der Waals surface area contributed by atoms with Crippen molar-refractivity contribution >= 4 is 5.97 Å². The Balaban J connectivity index is 2.68. The van der Waals surface area contributed by atoms with Crippen LogP contribution >= 0.6 is 0 Å². The lowest BCUT2D eigenvalue weighted by molar-refractivity contribution is -0.139. The summed E-state index contributed by atoms with van der Waals surface area (Å²) in [7, 11) is 1.55. The van der Waals surface area contributed by atoms with Gasteiger partial charge in [0.15, 0.2) is 11.5 Å². The number of nitrogens with two attached hydrogens (primary N) is 1. The summed E-state index contributed by atoms with van der Waals surface area (Å²) in [4.78, 5) is 12.7. The van der Waals surface area contributed by atoms with Gasteiger partial charge in [0.2, 0.25) is 5.88 Å². The second-order valence-electron chi connectivity index (χ2n) is 5.68. The van der Waals surface area contributed by atoms with E-state index in [0.29, 0.717) is 35.8 Å². The summed E-state index contributed by atoms with van der Waals surface area (Å²) in [5.41, 5.74) is 7.06. The molecule has 0 spiro atoms. The lowest BCUT2D eigenvalue weighted by Gasteiger charge is -2.28. The van der Waals surface area contributed by atoms with E-state index in [1.54, 1.807) is 32.2 Å². The molecule has 1 heterocycles. The number of ether oxygens (including phenoxy) is 4. The van der Waals surface area contributed by atoms with Crippen molar-refractivity contribution in [2.24, 2.45) is 5.73 Å². The maximum atomic E-state index is 12.7. The zero-order valence-corrected chi connectivity index (χ0v) is 16.0. The van der Waals surface area contributed by atoms with Crippen molar-refractivity contribution < 1.29 is 23.7 Å². The first-order chi connectivity index (χ1) is 13.0. The Morgan fingerprint density at radius 3 is 2.56 bits per heavy atom. The lowest BCUT2D eigenvalue weighted by Crippen LogP contribution is -2.26. The van der Waals surface area contributed by atoms with Crippen LogP contribution in [0.3, 0.4) is 0 Å². The van der Waals surface area contributed by atoms with Crippen molar-refractivity contribution in [3.05, 3.63) is 46.6 Å². The maximum absolute atomic E-state index is 12.7. The highest BCUT2D eigenvalue weighted by atomic mass is 16.5. The highest BCUT2D eigenvalue weighted by Crippen LogP contribution is 2.42. The fourth-order valence-electron chi connectivity index (χ4n) is 2.99. The van der Waals surface area contributed by atoms with E-state index in [9.17, 15) is 10.1 Å². The number of nitrogens with zero attached hydrogens (tertiary/aromatic N) is 1. The van der Waals surface area contributed by atoms with Gasteiger partial charge in [0.05, 0.1) is 31.8 Å². The molecule has 27 heavy (non-hydrogen) atoms. The summed E-state index contributed by atoms with van der Waals surface area (Å²) in [5.74, 6) is 0.211. The van der Waals surface area contributed by atoms with Crippen LogP contribution in [0.15, 0.2) is 41.0 Å². The van der Waals surface area contributed by atoms with Gasteiger partial charge in [-0.1, -0.05) is 13.0 Å². The van der Waals surface area contributed by atoms with Gasteiger partial charge in [0.1, 0.15) is 17.4 Å². The third-order valence-electron chi connectivity index (χ3n) is 4.13. The van der Waals surface area contributed by atoms with Gasteiger partial charge in [-0.15, -0.1) is 0 Å². The van der Waals surface area contributed by atoms with E-state index >= 15 is 0 Å². The molecule has 144 valence electrons. The minimum Gasteiger partial charge on any atom is -0.493 e. The van der Waals surface area contributed by atoms with Crippen LogP contribution in [0, 0.1) is 11.3 Å². The zero-order chi connectivity index (χ0) is 20.0. The lowest BCUT2D eigenvalue weighted by atomic mass is 9.82. The van der Waals surface area contributed by atoms with Gasteiger partial charge in [-0.3, -0.25) is 0 Å². The molecule has 2 rings (SSSR count). The monoisotopic (exact) mass is 372 g/mol. The third-order valence-corrected chi connectivity index (χ3v) is 4.13. The zero-order valence-electron chi connectivity index (χ0n) is 16.0. The Kier molecular flexibility index (Phi) is 6.72. The Labute approximate surface area is 159 Å². The second kappa shape index (κ2) is 8.99. The average Bonchev–Trinajstić information content (AvgIpc) is 2.67. The second-order valence-corrected chi connectivity index (χ2v) is 5.68.